The largest absolute Gasteiger partial charge is 0.482 e. The third-order valence-corrected chi connectivity index (χ3v) is 8.79. The lowest BCUT2D eigenvalue weighted by Gasteiger charge is -2.25. The number of benzene rings is 4. The molecule has 0 bridgehead atoms. The van der Waals surface area contributed by atoms with Crippen molar-refractivity contribution in [2.45, 2.75) is 18.7 Å². The zero-order valence-corrected chi connectivity index (χ0v) is 26.6. The molecule has 2 aromatic heterocycles. The summed E-state index contributed by atoms with van der Waals surface area (Å²) in [5, 5.41) is 17.1. The standard InChI is InChI=1S/C20H19N5O6S2.C12H8N2/c1-12-13(2)32-20(21-12)25-23-19(14-4-3-5-16(10-14)31-11-18(26)27)22-24(25)15-6-8-17(9-7-15)33(28,29)30;1-2-6-10-9(5-1)13-11-7-3-4-8-12(11)14-10/h3-10H,11H2,1-2H3,(H,22,23)(H,26,27)(H,28,29,30);1-8H. The SMILES string of the molecule is Cc1nc(N2NC(c3cccc(OCC(=O)O)c3)=NN2c2ccc(S(=O)(=O)O)cc2)sc1C.c1ccc2nc3ccccc3nc2c1. The zero-order valence-electron chi connectivity index (χ0n) is 25.0. The number of nitrogens with zero attached hydrogens (tertiary/aromatic N) is 6. The maximum atomic E-state index is 11.4. The number of hydrogen-bond acceptors (Lipinski definition) is 12. The summed E-state index contributed by atoms with van der Waals surface area (Å²) in [6.45, 7) is 3.36. The number of fused-ring (bicyclic) bond motifs is 2. The molecule has 0 spiro atoms. The van der Waals surface area contributed by atoms with E-state index in [1.54, 1.807) is 29.4 Å². The first kappa shape index (κ1) is 31.3. The van der Waals surface area contributed by atoms with Gasteiger partial charge in [0.1, 0.15) is 5.75 Å². The molecule has 15 heteroatoms. The Morgan fingerprint density at radius 2 is 1.45 bits per heavy atom. The number of aliphatic carboxylic acids is 1. The Kier molecular flexibility index (Phi) is 8.67. The summed E-state index contributed by atoms with van der Waals surface area (Å²) in [6.07, 6.45) is 0. The monoisotopic (exact) mass is 669 g/mol. The number of hydrogen-bond donors (Lipinski definition) is 3. The van der Waals surface area contributed by atoms with Crippen LogP contribution < -0.4 is 20.4 Å². The number of carboxylic acid groups (broad SMARTS) is 1. The average Bonchev–Trinajstić information content (AvgIpc) is 3.66. The molecule has 238 valence electrons. The van der Waals surface area contributed by atoms with Gasteiger partial charge in [-0.25, -0.2) is 19.7 Å². The first-order chi connectivity index (χ1) is 22.5. The van der Waals surface area contributed by atoms with Crippen molar-refractivity contribution >= 4 is 66.1 Å². The number of aromatic nitrogens is 3. The summed E-state index contributed by atoms with van der Waals surface area (Å²) in [5.41, 5.74) is 8.96. The van der Waals surface area contributed by atoms with Crippen LogP contribution in [0.15, 0.2) is 107 Å². The van der Waals surface area contributed by atoms with E-state index in [1.165, 1.54) is 40.7 Å². The van der Waals surface area contributed by atoms with Gasteiger partial charge in [0.2, 0.25) is 5.13 Å². The summed E-state index contributed by atoms with van der Waals surface area (Å²) in [5.74, 6) is -0.292. The molecular weight excluding hydrogens is 643 g/mol. The molecule has 13 nitrogen and oxygen atoms in total. The Morgan fingerprint density at radius 1 is 0.851 bits per heavy atom. The van der Waals surface area contributed by atoms with E-state index in [0.29, 0.717) is 28.0 Å². The van der Waals surface area contributed by atoms with Gasteiger partial charge < -0.3 is 9.84 Å². The second-order valence-corrected chi connectivity index (χ2v) is 12.8. The predicted octanol–water partition coefficient (Wildman–Crippen LogP) is 5.36. The molecular formula is C32H27N7O6S2. The van der Waals surface area contributed by atoms with Gasteiger partial charge in [0, 0.05) is 10.4 Å². The number of carbonyl (C=O) groups is 1. The van der Waals surface area contributed by atoms with Gasteiger partial charge in [-0.05, 0) is 74.5 Å². The number of aryl methyl sites for hydroxylation is 2. The van der Waals surface area contributed by atoms with Crippen molar-refractivity contribution in [1.29, 1.82) is 0 Å². The molecule has 0 atom stereocenters. The van der Waals surface area contributed by atoms with Gasteiger partial charge in [0.25, 0.3) is 10.1 Å². The van der Waals surface area contributed by atoms with E-state index in [2.05, 4.69) is 25.5 Å². The van der Waals surface area contributed by atoms with Crippen LogP contribution in [0, 0.1) is 13.8 Å². The average molecular weight is 670 g/mol. The van der Waals surface area contributed by atoms with Crippen LogP contribution in [0.5, 0.6) is 5.75 Å². The number of amidine groups is 1. The van der Waals surface area contributed by atoms with Crippen LogP contribution in [0.2, 0.25) is 0 Å². The quantitative estimate of drug-likeness (QED) is 0.147. The number of hydrazine groups is 2. The Labute approximate surface area is 273 Å². The van der Waals surface area contributed by atoms with E-state index in [1.807, 2.05) is 62.4 Å². The van der Waals surface area contributed by atoms with Gasteiger partial charge in [-0.2, -0.15) is 8.42 Å². The molecule has 0 fully saturated rings. The normalized spacial score (nSPS) is 12.8. The van der Waals surface area contributed by atoms with Crippen molar-refractivity contribution in [3.05, 3.63) is 113 Å². The number of hydrazone groups is 1. The van der Waals surface area contributed by atoms with Crippen LogP contribution >= 0.6 is 11.3 Å². The Morgan fingerprint density at radius 3 is 1.96 bits per heavy atom. The van der Waals surface area contributed by atoms with Crippen LogP contribution in [0.25, 0.3) is 22.1 Å². The number of para-hydroxylation sites is 4. The van der Waals surface area contributed by atoms with Gasteiger partial charge in [-0.3, -0.25) is 9.98 Å². The summed E-state index contributed by atoms with van der Waals surface area (Å²) >= 11 is 1.44. The highest BCUT2D eigenvalue weighted by Gasteiger charge is 2.29. The van der Waals surface area contributed by atoms with E-state index < -0.39 is 22.7 Å². The highest BCUT2D eigenvalue weighted by atomic mass is 32.2. The van der Waals surface area contributed by atoms with E-state index in [4.69, 9.17) is 9.84 Å². The van der Waals surface area contributed by atoms with E-state index in [-0.39, 0.29) is 4.90 Å². The van der Waals surface area contributed by atoms with Gasteiger partial charge in [0.05, 0.1) is 38.3 Å². The minimum absolute atomic E-state index is 0.238. The number of carboxylic acids is 1. The van der Waals surface area contributed by atoms with Crippen molar-refractivity contribution in [2.24, 2.45) is 5.10 Å². The number of anilines is 2. The van der Waals surface area contributed by atoms with Crippen molar-refractivity contribution in [2.75, 3.05) is 16.8 Å². The number of thiazole rings is 1. The van der Waals surface area contributed by atoms with E-state index in [9.17, 15) is 17.8 Å². The van der Waals surface area contributed by atoms with Crippen LogP contribution in [-0.4, -0.2) is 51.4 Å². The molecule has 0 saturated carbocycles. The molecule has 47 heavy (non-hydrogen) atoms. The second kappa shape index (κ2) is 13.0. The smallest absolute Gasteiger partial charge is 0.341 e. The molecule has 3 N–H and O–H groups in total. The lowest BCUT2D eigenvalue weighted by atomic mass is 10.2. The Hall–Kier alpha value is -5.64. The molecule has 0 radical (unpaired) electrons. The second-order valence-electron chi connectivity index (χ2n) is 10.2. The van der Waals surface area contributed by atoms with E-state index in [0.717, 1.165) is 32.6 Å². The third kappa shape index (κ3) is 7.12. The minimum Gasteiger partial charge on any atom is -0.482 e. The maximum Gasteiger partial charge on any atom is 0.341 e. The molecule has 4 aromatic carbocycles. The third-order valence-electron chi connectivity index (χ3n) is 6.87. The van der Waals surface area contributed by atoms with Gasteiger partial charge in [-0.1, -0.05) is 47.7 Å². The van der Waals surface area contributed by atoms with Crippen molar-refractivity contribution in [3.8, 4) is 5.75 Å². The number of rotatable bonds is 7. The molecule has 6 aromatic rings. The molecule has 0 unspecified atom stereocenters. The fraction of sp³-hybridized carbons (Fsp3) is 0.0938. The molecule has 0 aliphatic carbocycles. The highest BCUT2D eigenvalue weighted by molar-refractivity contribution is 7.85. The molecule has 3 heterocycles. The van der Waals surface area contributed by atoms with Crippen molar-refractivity contribution < 1.29 is 27.6 Å². The van der Waals surface area contributed by atoms with Gasteiger partial charge >= 0.3 is 5.97 Å². The van der Waals surface area contributed by atoms with Crippen LogP contribution in [-0.2, 0) is 14.9 Å². The molecule has 0 saturated heterocycles. The minimum atomic E-state index is -4.33. The first-order valence-electron chi connectivity index (χ1n) is 14.1. The lowest BCUT2D eigenvalue weighted by Crippen LogP contribution is -2.44. The zero-order chi connectivity index (χ0) is 33.1. The summed E-state index contributed by atoms with van der Waals surface area (Å²) in [6, 6.07) is 28.2. The highest BCUT2D eigenvalue weighted by Crippen LogP contribution is 2.31. The van der Waals surface area contributed by atoms with Gasteiger partial charge in [-0.15, -0.1) is 15.3 Å². The first-order valence-corrected chi connectivity index (χ1v) is 16.3. The summed E-state index contributed by atoms with van der Waals surface area (Å²) < 4.78 is 37.3. The lowest BCUT2D eigenvalue weighted by molar-refractivity contribution is -0.139. The fourth-order valence-corrected chi connectivity index (χ4v) is 5.82. The van der Waals surface area contributed by atoms with Crippen LogP contribution in [0.3, 0.4) is 0 Å². The predicted molar refractivity (Wildman–Crippen MR) is 179 cm³/mol. The Balaban J connectivity index is 0.000000227. The number of ether oxygens (including phenoxy) is 1. The summed E-state index contributed by atoms with van der Waals surface area (Å²) in [4.78, 5) is 25.2. The maximum absolute atomic E-state index is 11.4. The van der Waals surface area contributed by atoms with Crippen LogP contribution in [0.4, 0.5) is 10.8 Å². The molecule has 1 aliphatic heterocycles. The fourth-order valence-electron chi connectivity index (χ4n) is 4.48. The van der Waals surface area contributed by atoms with Crippen LogP contribution in [0.1, 0.15) is 16.1 Å². The number of nitrogens with one attached hydrogen (secondary N) is 1. The van der Waals surface area contributed by atoms with Crippen molar-refractivity contribution in [1.82, 2.24) is 20.4 Å². The Bertz CT molecular complexity index is 2120. The molecule has 0 amide bonds. The summed E-state index contributed by atoms with van der Waals surface area (Å²) in [7, 11) is -4.33. The van der Waals surface area contributed by atoms with Gasteiger partial charge in [0.15, 0.2) is 12.4 Å². The molecule has 1 aliphatic rings. The topological polar surface area (TPSA) is 170 Å². The van der Waals surface area contributed by atoms with E-state index >= 15 is 0 Å². The van der Waals surface area contributed by atoms with Crippen molar-refractivity contribution in [3.63, 3.8) is 0 Å². The molecule has 7 rings (SSSR count).